The Morgan fingerprint density at radius 1 is 0.868 bits per heavy atom. The summed E-state index contributed by atoms with van der Waals surface area (Å²) in [4.78, 5) is 21.5. The third-order valence-corrected chi connectivity index (χ3v) is 11.8. The first-order valence-corrected chi connectivity index (χ1v) is 21.6. The van der Waals surface area contributed by atoms with Crippen LogP contribution >= 0.6 is 11.8 Å². The predicted octanol–water partition coefficient (Wildman–Crippen LogP) is 9.61. The molecule has 1 heterocycles. The van der Waals surface area contributed by atoms with E-state index < -0.39 is 26.9 Å². The molecule has 1 N–H and O–H groups in total. The van der Waals surface area contributed by atoms with Crippen LogP contribution in [0.5, 0.6) is 0 Å². The number of amides is 1. The zero-order valence-electron chi connectivity index (χ0n) is 31.6. The van der Waals surface area contributed by atoms with E-state index >= 15 is 0 Å². The van der Waals surface area contributed by atoms with Crippen LogP contribution in [0.15, 0.2) is 122 Å². The maximum atomic E-state index is 13.1. The third kappa shape index (κ3) is 13.7. The summed E-state index contributed by atoms with van der Waals surface area (Å²) in [5.41, 5.74) is 12.4. The van der Waals surface area contributed by atoms with Crippen molar-refractivity contribution in [2.24, 2.45) is 9.93 Å². The van der Waals surface area contributed by atoms with Crippen molar-refractivity contribution in [2.45, 2.75) is 82.2 Å². The molecule has 1 saturated heterocycles. The molecule has 0 bridgehead atoms. The van der Waals surface area contributed by atoms with Crippen LogP contribution < -0.4 is 9.62 Å². The minimum absolute atomic E-state index is 0.0606. The number of carbonyl (C=O) groups excluding carboxylic acids is 1. The number of hydrogen-bond acceptors (Lipinski definition) is 7. The lowest BCUT2D eigenvalue weighted by Gasteiger charge is -2.38. The first-order valence-electron chi connectivity index (χ1n) is 18.0. The van der Waals surface area contributed by atoms with Gasteiger partial charge in [0.25, 0.3) is 15.9 Å². The van der Waals surface area contributed by atoms with Crippen molar-refractivity contribution in [3.05, 3.63) is 130 Å². The Hall–Kier alpha value is -4.13. The van der Waals surface area contributed by atoms with E-state index in [4.69, 9.17) is 5.53 Å². The number of sulfonamides is 1. The van der Waals surface area contributed by atoms with Gasteiger partial charge in [-0.15, -0.1) is 11.8 Å². The van der Waals surface area contributed by atoms with Gasteiger partial charge < -0.3 is 4.90 Å². The van der Waals surface area contributed by atoms with E-state index in [1.54, 1.807) is 48.2 Å². The molecule has 0 radical (unpaired) electrons. The predicted molar refractivity (Wildman–Crippen MR) is 219 cm³/mol. The van der Waals surface area contributed by atoms with Crippen LogP contribution in [-0.2, 0) is 34.1 Å². The Labute approximate surface area is 322 Å². The summed E-state index contributed by atoms with van der Waals surface area (Å²) in [6.45, 7) is 16.5. The molecule has 53 heavy (non-hydrogen) atoms. The molecule has 13 heteroatoms. The smallest absolute Gasteiger partial charge is 0.264 e. The summed E-state index contributed by atoms with van der Waals surface area (Å²) >= 11 is 1.75. The van der Waals surface area contributed by atoms with Crippen LogP contribution in [0.4, 0.5) is 5.69 Å². The fourth-order valence-electron chi connectivity index (χ4n) is 5.52. The molecule has 0 aliphatic carbocycles. The summed E-state index contributed by atoms with van der Waals surface area (Å²) < 4.78 is 42.8. The number of thioether (sulfide) groups is 1. The molecule has 1 amide bonds. The van der Waals surface area contributed by atoms with Gasteiger partial charge in [0.05, 0.1) is 9.79 Å². The Balaban J connectivity index is 0.00000183. The molecule has 1 fully saturated rings. The number of azide groups is 1. The second-order valence-electron chi connectivity index (χ2n) is 12.7. The highest BCUT2D eigenvalue weighted by molar-refractivity contribution is 7.99. The standard InChI is InChI=1S/C36H40N6O4S3.2C2H6/c1-36(2)20-22-42(23-21-36)31-14-12-30(13-15-31)35(43)38-48(44)33-16-8-28(9-17-33)26-41(24-25-47-32-6-4-3-5-7-32)27-29-10-18-34(19-11-29)49(45,46)40-39-37;2*1-2/h3-19H,20-27H2,1-2H3,(H,38,43);2*1-2H3. The van der Waals surface area contributed by atoms with Crippen LogP contribution in [0, 0.1) is 5.41 Å². The molecule has 10 nitrogen and oxygen atoms in total. The molecular formula is C40H52N6O4S3. The molecular weight excluding hydrogens is 725 g/mol. The van der Waals surface area contributed by atoms with E-state index in [-0.39, 0.29) is 4.90 Å². The molecule has 1 aliphatic rings. The average molecular weight is 777 g/mol. The van der Waals surface area contributed by atoms with Gasteiger partial charge in [0.15, 0.2) is 11.0 Å². The minimum atomic E-state index is -4.05. The quantitative estimate of drug-likeness (QED) is 0.0583. The first kappa shape index (κ1) is 43.3. The highest BCUT2D eigenvalue weighted by Crippen LogP contribution is 2.32. The SMILES string of the molecule is CC.CC.CC1(C)CCN(c2ccc(C(=O)NS(=O)c3ccc(CN(CCSc4ccccc4)Cc4ccc(S(=O)(=O)N=[N+]=[N-])cc4)cc3)cc2)CC1. The Bertz CT molecular complexity index is 1890. The molecule has 1 unspecified atom stereocenters. The van der Waals surface area contributed by atoms with Crippen molar-refractivity contribution >= 4 is 44.4 Å². The lowest BCUT2D eigenvalue weighted by atomic mass is 9.82. The molecule has 0 saturated carbocycles. The summed E-state index contributed by atoms with van der Waals surface area (Å²) in [6.07, 6.45) is 2.25. The van der Waals surface area contributed by atoms with Gasteiger partial charge in [0.2, 0.25) is 0 Å². The van der Waals surface area contributed by atoms with Crippen molar-refractivity contribution in [1.29, 1.82) is 0 Å². The molecule has 0 aromatic heterocycles. The van der Waals surface area contributed by atoms with Crippen LogP contribution in [-0.4, -0.2) is 48.8 Å². The number of rotatable bonds is 14. The normalized spacial score (nSPS) is 14.1. The van der Waals surface area contributed by atoms with Crippen LogP contribution in [0.25, 0.3) is 10.4 Å². The topological polar surface area (TPSA) is 136 Å². The van der Waals surface area contributed by atoms with Gasteiger partial charge in [-0.1, -0.05) is 84.0 Å². The summed E-state index contributed by atoms with van der Waals surface area (Å²) in [5.74, 6) is 0.438. The fourth-order valence-corrected chi connectivity index (χ4v) is 7.91. The monoisotopic (exact) mass is 776 g/mol. The van der Waals surface area contributed by atoms with Gasteiger partial charge in [-0.05, 0) is 95.6 Å². The van der Waals surface area contributed by atoms with E-state index in [9.17, 15) is 17.4 Å². The molecule has 0 spiro atoms. The van der Waals surface area contributed by atoms with E-state index in [0.717, 1.165) is 55.0 Å². The van der Waals surface area contributed by atoms with Crippen LogP contribution in [0.1, 0.15) is 75.9 Å². The van der Waals surface area contributed by atoms with Gasteiger partial charge >= 0.3 is 0 Å². The van der Waals surface area contributed by atoms with E-state index in [0.29, 0.717) is 29.0 Å². The lowest BCUT2D eigenvalue weighted by Crippen LogP contribution is -2.37. The number of hydrogen-bond donors (Lipinski definition) is 1. The largest absolute Gasteiger partial charge is 0.371 e. The van der Waals surface area contributed by atoms with Crippen LogP contribution in [0.2, 0.25) is 0 Å². The summed E-state index contributed by atoms with van der Waals surface area (Å²) in [7, 11) is -5.78. The van der Waals surface area contributed by atoms with Gasteiger partial charge in [-0.25, -0.2) is 12.6 Å². The number of anilines is 1. The van der Waals surface area contributed by atoms with Crippen molar-refractivity contribution < 1.29 is 17.4 Å². The fraction of sp³-hybridized carbons (Fsp3) is 0.375. The molecule has 5 rings (SSSR count). The highest BCUT2D eigenvalue weighted by atomic mass is 32.2. The Morgan fingerprint density at radius 2 is 1.42 bits per heavy atom. The van der Waals surface area contributed by atoms with E-state index in [2.05, 4.69) is 49.9 Å². The maximum Gasteiger partial charge on any atom is 0.264 e. The number of benzene rings is 4. The Morgan fingerprint density at radius 3 is 1.96 bits per heavy atom. The van der Waals surface area contributed by atoms with Gasteiger partial charge in [0.1, 0.15) is 0 Å². The molecule has 1 atom stereocenters. The Kier molecular flexibility index (Phi) is 17.6. The number of nitrogens with one attached hydrogen (secondary N) is 1. The molecule has 4 aromatic rings. The number of piperidine rings is 1. The van der Waals surface area contributed by atoms with Crippen molar-refractivity contribution in [1.82, 2.24) is 9.62 Å². The minimum Gasteiger partial charge on any atom is -0.371 e. The van der Waals surface area contributed by atoms with Crippen LogP contribution in [0.3, 0.4) is 0 Å². The van der Waals surface area contributed by atoms with Crippen molar-refractivity contribution in [3.63, 3.8) is 0 Å². The third-order valence-electron chi connectivity index (χ3n) is 8.53. The maximum absolute atomic E-state index is 13.1. The first-order chi connectivity index (χ1) is 25.5. The van der Waals surface area contributed by atoms with E-state index in [1.807, 2.05) is 70.2 Å². The molecule has 1 aliphatic heterocycles. The summed E-state index contributed by atoms with van der Waals surface area (Å²) in [6, 6.07) is 31.3. The highest BCUT2D eigenvalue weighted by Gasteiger charge is 2.25. The van der Waals surface area contributed by atoms with Crippen molar-refractivity contribution in [3.8, 4) is 0 Å². The average Bonchev–Trinajstić information content (AvgIpc) is 3.17. The van der Waals surface area contributed by atoms with Crippen molar-refractivity contribution in [2.75, 3.05) is 30.3 Å². The van der Waals surface area contributed by atoms with Gasteiger partial charge in [-0.3, -0.25) is 14.4 Å². The molecule has 284 valence electrons. The van der Waals surface area contributed by atoms with Gasteiger partial charge in [-0.2, -0.15) is 0 Å². The second-order valence-corrected chi connectivity index (χ2v) is 16.7. The van der Waals surface area contributed by atoms with Gasteiger partial charge in [0, 0.05) is 64.1 Å². The number of carbonyl (C=O) groups is 1. The number of nitrogens with zero attached hydrogens (tertiary/aromatic N) is 5. The van der Waals surface area contributed by atoms with E-state index in [1.165, 1.54) is 17.0 Å². The molecule has 4 aromatic carbocycles. The second kappa shape index (κ2) is 21.5. The zero-order chi connectivity index (χ0) is 38.9. The summed E-state index contributed by atoms with van der Waals surface area (Å²) in [5, 5.41) is 0. The lowest BCUT2D eigenvalue weighted by molar-refractivity contribution is 0.0983. The zero-order valence-corrected chi connectivity index (χ0v) is 34.0.